The lowest BCUT2D eigenvalue weighted by atomic mass is 9.92. The van der Waals surface area contributed by atoms with Gasteiger partial charge in [0, 0.05) is 42.9 Å². The smallest absolute Gasteiger partial charge is 0.251 e. The second-order valence-electron chi connectivity index (χ2n) is 7.91. The number of aromatic nitrogens is 2. The minimum absolute atomic E-state index is 0.0381. The molecule has 5 nitrogen and oxygen atoms in total. The van der Waals surface area contributed by atoms with Gasteiger partial charge in [-0.2, -0.15) is 0 Å². The summed E-state index contributed by atoms with van der Waals surface area (Å²) in [7, 11) is 2.07. The molecule has 6 heteroatoms. The highest BCUT2D eigenvalue weighted by Crippen LogP contribution is 2.28. The lowest BCUT2D eigenvalue weighted by molar-refractivity contribution is 0.0955. The van der Waals surface area contributed by atoms with Gasteiger partial charge in [0.05, 0.1) is 5.69 Å². The highest BCUT2D eigenvalue weighted by molar-refractivity contribution is 7.98. The number of carbonyl (C=O) groups excluding carboxylic acids is 1. The number of benzene rings is 1. The summed E-state index contributed by atoms with van der Waals surface area (Å²) in [4.78, 5) is 23.8. The molecule has 0 bridgehead atoms. The van der Waals surface area contributed by atoms with Crippen molar-refractivity contribution in [1.82, 2.24) is 15.3 Å². The third kappa shape index (κ3) is 6.23. The van der Waals surface area contributed by atoms with Crippen LogP contribution in [0.2, 0.25) is 0 Å². The van der Waals surface area contributed by atoms with Gasteiger partial charge in [0.1, 0.15) is 5.82 Å². The minimum atomic E-state index is -0.0434. The number of hydrogen-bond donors (Lipinski definition) is 1. The molecule has 152 valence electrons. The van der Waals surface area contributed by atoms with Gasteiger partial charge < -0.3 is 10.2 Å². The van der Waals surface area contributed by atoms with Gasteiger partial charge in [0.25, 0.3) is 5.91 Å². The number of nitrogens with one attached hydrogen (secondary N) is 1. The van der Waals surface area contributed by atoms with Crippen LogP contribution in [0.1, 0.15) is 62.7 Å². The first-order valence-corrected chi connectivity index (χ1v) is 10.8. The van der Waals surface area contributed by atoms with E-state index in [0.717, 1.165) is 41.0 Å². The average Bonchev–Trinajstić information content (AvgIpc) is 2.66. The minimum Gasteiger partial charge on any atom is -0.360 e. The van der Waals surface area contributed by atoms with E-state index in [9.17, 15) is 4.79 Å². The third-order valence-electron chi connectivity index (χ3n) is 4.31. The highest BCUT2D eigenvalue weighted by Gasteiger charge is 2.19. The summed E-state index contributed by atoms with van der Waals surface area (Å²) in [5.74, 6) is 1.64. The molecule has 0 aliphatic carbocycles. The van der Waals surface area contributed by atoms with E-state index in [4.69, 9.17) is 9.97 Å². The molecule has 0 atom stereocenters. The Morgan fingerprint density at radius 1 is 1.18 bits per heavy atom. The van der Waals surface area contributed by atoms with E-state index in [1.165, 1.54) is 0 Å². The summed E-state index contributed by atoms with van der Waals surface area (Å²) in [6.45, 7) is 12.2. The maximum absolute atomic E-state index is 12.1. The molecule has 2 aromatic rings. The van der Waals surface area contributed by atoms with Crippen LogP contribution in [0.4, 0.5) is 5.82 Å². The topological polar surface area (TPSA) is 58.1 Å². The molecule has 1 N–H and O–H groups in total. The summed E-state index contributed by atoms with van der Waals surface area (Å²) < 4.78 is 0. The Hall–Kier alpha value is -2.08. The van der Waals surface area contributed by atoms with Crippen molar-refractivity contribution < 1.29 is 4.79 Å². The van der Waals surface area contributed by atoms with Crippen molar-refractivity contribution in [3.8, 4) is 0 Å². The fourth-order valence-electron chi connectivity index (χ4n) is 2.72. The largest absolute Gasteiger partial charge is 0.360 e. The van der Waals surface area contributed by atoms with Crippen LogP contribution in [-0.2, 0) is 11.2 Å². The summed E-state index contributed by atoms with van der Waals surface area (Å²) in [5.41, 5.74) is 2.77. The van der Waals surface area contributed by atoms with Crippen LogP contribution in [0, 0.1) is 0 Å². The van der Waals surface area contributed by atoms with E-state index in [-0.39, 0.29) is 11.3 Å². The normalized spacial score (nSPS) is 11.4. The van der Waals surface area contributed by atoms with Crippen molar-refractivity contribution in [1.29, 1.82) is 0 Å². The number of hydrogen-bond acceptors (Lipinski definition) is 5. The molecule has 0 fully saturated rings. The summed E-state index contributed by atoms with van der Waals surface area (Å²) >= 11 is 1.61. The number of carbonyl (C=O) groups is 1. The highest BCUT2D eigenvalue weighted by atomic mass is 32.2. The number of anilines is 1. The molecule has 2 rings (SSSR count). The van der Waals surface area contributed by atoms with Gasteiger partial charge >= 0.3 is 0 Å². The van der Waals surface area contributed by atoms with E-state index in [1.807, 2.05) is 31.2 Å². The molecule has 1 aromatic carbocycles. The van der Waals surface area contributed by atoms with Gasteiger partial charge in [-0.3, -0.25) is 4.79 Å². The number of thioether (sulfide) groups is 1. The first kappa shape index (κ1) is 22.2. The summed E-state index contributed by atoms with van der Waals surface area (Å²) in [6, 6.07) is 9.83. The van der Waals surface area contributed by atoms with Crippen molar-refractivity contribution >= 4 is 23.5 Å². The molecule has 1 aromatic heterocycles. The monoisotopic (exact) mass is 400 g/mol. The lowest BCUT2D eigenvalue weighted by Crippen LogP contribution is -2.22. The van der Waals surface area contributed by atoms with Crippen LogP contribution in [0.15, 0.2) is 35.5 Å². The fourth-order valence-corrected chi connectivity index (χ4v) is 3.52. The second kappa shape index (κ2) is 9.92. The standard InChI is InChI=1S/C22H32N4OS/c1-7-12-26(6)19-14-18(22(3,4)5)24-21(25-19)28-15-16-10-9-11-17(13-16)20(27)23-8-2/h9-11,13-14H,7-8,12,15H2,1-6H3,(H,23,27). The SMILES string of the molecule is CCCN(C)c1cc(C(C)(C)C)nc(SCc2cccc(C(=O)NCC)c2)n1. The Balaban J connectivity index is 2.22. The van der Waals surface area contributed by atoms with Gasteiger partial charge in [0.15, 0.2) is 5.16 Å². The maximum Gasteiger partial charge on any atom is 0.251 e. The average molecular weight is 401 g/mol. The zero-order chi connectivity index (χ0) is 20.7. The van der Waals surface area contributed by atoms with Crippen LogP contribution in [0.25, 0.3) is 0 Å². The molecule has 1 heterocycles. The molecule has 28 heavy (non-hydrogen) atoms. The van der Waals surface area contributed by atoms with E-state index in [2.05, 4.69) is 51.0 Å². The van der Waals surface area contributed by atoms with Crippen molar-refractivity contribution in [3.05, 3.63) is 47.2 Å². The molecule has 0 aliphatic heterocycles. The molecule has 0 saturated heterocycles. The zero-order valence-electron chi connectivity index (χ0n) is 17.9. The van der Waals surface area contributed by atoms with Crippen LogP contribution in [0.5, 0.6) is 0 Å². The summed E-state index contributed by atoms with van der Waals surface area (Å²) in [5, 5.41) is 3.61. The van der Waals surface area contributed by atoms with E-state index in [1.54, 1.807) is 11.8 Å². The molecular weight excluding hydrogens is 368 g/mol. The van der Waals surface area contributed by atoms with E-state index < -0.39 is 0 Å². The Kier molecular flexibility index (Phi) is 7.87. The van der Waals surface area contributed by atoms with Crippen molar-refractivity contribution in [2.45, 2.75) is 57.4 Å². The van der Waals surface area contributed by atoms with E-state index in [0.29, 0.717) is 12.1 Å². The molecule has 0 unspecified atom stereocenters. The van der Waals surface area contributed by atoms with Crippen molar-refractivity contribution in [3.63, 3.8) is 0 Å². The van der Waals surface area contributed by atoms with Crippen LogP contribution in [-0.4, -0.2) is 36.0 Å². The number of rotatable bonds is 8. The van der Waals surface area contributed by atoms with Crippen molar-refractivity contribution in [2.75, 3.05) is 25.0 Å². The van der Waals surface area contributed by atoms with Gasteiger partial charge in [-0.1, -0.05) is 51.6 Å². The Bertz CT molecular complexity index is 801. The van der Waals surface area contributed by atoms with E-state index >= 15 is 0 Å². The first-order valence-electron chi connectivity index (χ1n) is 9.85. The lowest BCUT2D eigenvalue weighted by Gasteiger charge is -2.23. The number of nitrogens with zero attached hydrogens (tertiary/aromatic N) is 3. The van der Waals surface area contributed by atoms with Gasteiger partial charge in [-0.05, 0) is 31.0 Å². The Morgan fingerprint density at radius 2 is 1.93 bits per heavy atom. The molecule has 0 aliphatic rings. The third-order valence-corrected chi connectivity index (χ3v) is 5.22. The second-order valence-corrected chi connectivity index (χ2v) is 8.86. The predicted octanol–water partition coefficient (Wildman–Crippen LogP) is 4.66. The quantitative estimate of drug-likeness (QED) is 0.516. The Morgan fingerprint density at radius 3 is 2.57 bits per heavy atom. The van der Waals surface area contributed by atoms with Crippen LogP contribution in [0.3, 0.4) is 0 Å². The molecule has 0 radical (unpaired) electrons. The summed E-state index contributed by atoms with van der Waals surface area (Å²) in [6.07, 6.45) is 1.07. The first-order chi connectivity index (χ1) is 13.2. The van der Waals surface area contributed by atoms with Gasteiger partial charge in [-0.25, -0.2) is 9.97 Å². The van der Waals surface area contributed by atoms with Crippen LogP contribution >= 0.6 is 11.8 Å². The van der Waals surface area contributed by atoms with Crippen LogP contribution < -0.4 is 10.2 Å². The molecular formula is C22H32N4OS. The van der Waals surface area contributed by atoms with Crippen molar-refractivity contribution in [2.24, 2.45) is 0 Å². The molecule has 0 saturated carbocycles. The van der Waals surface area contributed by atoms with Gasteiger partial charge in [0.2, 0.25) is 0 Å². The fraction of sp³-hybridized carbons (Fsp3) is 0.500. The Labute approximate surface area is 173 Å². The number of amides is 1. The maximum atomic E-state index is 12.1. The predicted molar refractivity (Wildman–Crippen MR) is 118 cm³/mol. The molecule has 0 spiro atoms. The zero-order valence-corrected chi connectivity index (χ0v) is 18.7. The van der Waals surface area contributed by atoms with Gasteiger partial charge in [-0.15, -0.1) is 0 Å². The molecule has 1 amide bonds.